The average molecular weight is 459 g/mol. The summed E-state index contributed by atoms with van der Waals surface area (Å²) in [5, 5.41) is 14.2. The number of carbonyl (C=O) groups excluding carboxylic acids is 1. The van der Waals surface area contributed by atoms with Crippen LogP contribution in [0.15, 0.2) is 24.5 Å². The van der Waals surface area contributed by atoms with Crippen LogP contribution in [0.25, 0.3) is 22.6 Å². The number of aryl methyl sites for hydroxylation is 1. The maximum absolute atomic E-state index is 14.6. The molecule has 3 N–H and O–H groups in total. The van der Waals surface area contributed by atoms with Crippen LogP contribution in [0.5, 0.6) is 0 Å². The van der Waals surface area contributed by atoms with Gasteiger partial charge in [0.15, 0.2) is 17.5 Å². The van der Waals surface area contributed by atoms with Gasteiger partial charge in [-0.25, -0.2) is 18.7 Å². The van der Waals surface area contributed by atoms with Gasteiger partial charge >= 0.3 is 5.97 Å². The molecule has 0 saturated heterocycles. The number of esters is 1. The first-order valence-corrected chi connectivity index (χ1v) is 11.2. The topological polar surface area (TPSA) is 100 Å². The van der Waals surface area contributed by atoms with E-state index in [1.807, 2.05) is 13.0 Å². The third-order valence-corrected chi connectivity index (χ3v) is 6.49. The lowest BCUT2D eigenvalue weighted by Gasteiger charge is -2.40. The number of anilines is 1. The fraction of sp³-hybridized carbons (Fsp3) is 0.458. The van der Waals surface area contributed by atoms with E-state index in [-0.39, 0.29) is 30.7 Å². The second kappa shape index (κ2) is 9.05. The van der Waals surface area contributed by atoms with E-state index >= 15 is 0 Å². The van der Waals surface area contributed by atoms with Crippen LogP contribution in [0.3, 0.4) is 0 Å². The number of fused-ring (bicyclic) bond motifs is 1. The molecule has 9 heteroatoms. The molecule has 33 heavy (non-hydrogen) atoms. The van der Waals surface area contributed by atoms with Crippen molar-refractivity contribution in [3.05, 3.63) is 41.7 Å². The van der Waals surface area contributed by atoms with E-state index in [4.69, 9.17) is 4.74 Å². The highest BCUT2D eigenvalue weighted by Crippen LogP contribution is 2.38. The van der Waals surface area contributed by atoms with E-state index in [2.05, 4.69) is 20.3 Å². The Bertz CT molecular complexity index is 1130. The lowest BCUT2D eigenvalue weighted by atomic mass is 9.74. The number of carbonyl (C=O) groups is 1. The highest BCUT2D eigenvalue weighted by Gasteiger charge is 2.43. The van der Waals surface area contributed by atoms with Crippen molar-refractivity contribution in [1.29, 1.82) is 0 Å². The summed E-state index contributed by atoms with van der Waals surface area (Å²) in [7, 11) is 0. The lowest BCUT2D eigenvalue weighted by Crippen LogP contribution is -2.48. The number of halogens is 2. The molecule has 0 amide bonds. The third-order valence-electron chi connectivity index (χ3n) is 6.49. The van der Waals surface area contributed by atoms with Crippen molar-refractivity contribution >= 4 is 11.8 Å². The van der Waals surface area contributed by atoms with E-state index in [1.165, 1.54) is 12.3 Å². The Morgan fingerprint density at radius 1 is 1.39 bits per heavy atom. The molecule has 0 bridgehead atoms. The Morgan fingerprint density at radius 2 is 2.18 bits per heavy atom. The SMILES string of the molecule is CCOC(=O)C(C)C1(O)CCCC(Nc2nc(-c3cc(C)c4[nH]cc(F)cc3-4)ncc2F)C1. The Labute approximate surface area is 190 Å². The van der Waals surface area contributed by atoms with E-state index < -0.39 is 29.1 Å². The Balaban J connectivity index is 1.58. The number of aromatic nitrogens is 3. The molecule has 176 valence electrons. The highest BCUT2D eigenvalue weighted by molar-refractivity contribution is 5.84. The fourth-order valence-corrected chi connectivity index (χ4v) is 4.64. The average Bonchev–Trinajstić information content (AvgIpc) is 3.10. The zero-order chi connectivity index (χ0) is 23.8. The lowest BCUT2D eigenvalue weighted by molar-refractivity contribution is -0.159. The summed E-state index contributed by atoms with van der Waals surface area (Å²) >= 11 is 0. The number of nitrogens with zero attached hydrogens (tertiary/aromatic N) is 2. The number of H-pyrrole nitrogens is 1. The van der Waals surface area contributed by atoms with Crippen LogP contribution in [-0.4, -0.2) is 44.3 Å². The molecule has 1 aromatic rings. The van der Waals surface area contributed by atoms with Gasteiger partial charge in [-0.1, -0.05) is 0 Å². The quantitative estimate of drug-likeness (QED) is 0.472. The fourth-order valence-electron chi connectivity index (χ4n) is 4.64. The number of hydrogen-bond donors (Lipinski definition) is 3. The van der Waals surface area contributed by atoms with E-state index in [0.29, 0.717) is 30.4 Å². The number of hydrogen-bond acceptors (Lipinski definition) is 6. The third kappa shape index (κ3) is 4.55. The number of aromatic amines is 1. The van der Waals surface area contributed by atoms with Crippen molar-refractivity contribution in [2.45, 2.75) is 58.1 Å². The van der Waals surface area contributed by atoms with Gasteiger partial charge in [0.2, 0.25) is 0 Å². The van der Waals surface area contributed by atoms with Crippen LogP contribution < -0.4 is 5.32 Å². The Kier molecular flexibility index (Phi) is 6.34. The van der Waals surface area contributed by atoms with Gasteiger partial charge in [-0.3, -0.25) is 4.79 Å². The van der Waals surface area contributed by atoms with E-state index in [0.717, 1.165) is 17.5 Å². The molecule has 3 unspecified atom stereocenters. The van der Waals surface area contributed by atoms with Crippen LogP contribution in [0, 0.1) is 24.5 Å². The van der Waals surface area contributed by atoms with Gasteiger partial charge in [-0.05, 0) is 64.2 Å². The summed E-state index contributed by atoms with van der Waals surface area (Å²) in [5.74, 6) is -1.92. The standard InChI is InChI=1S/C24H28F2N4O3/c1-4-33-23(31)14(3)24(32)7-5-6-16(10-24)29-22-19(26)12-28-21(30-22)18-8-13(2)20-17(18)9-15(25)11-27-20/h8-9,11-12,14,16,27,32H,4-7,10H2,1-3H3,(H,28,29,30). The molecule has 0 radical (unpaired) electrons. The van der Waals surface area contributed by atoms with Gasteiger partial charge in [0.1, 0.15) is 5.82 Å². The van der Waals surface area contributed by atoms with Crippen LogP contribution in [0.1, 0.15) is 45.1 Å². The molecule has 1 aromatic heterocycles. The Hall–Kier alpha value is -3.07. The van der Waals surface area contributed by atoms with Crippen LogP contribution in [-0.2, 0) is 9.53 Å². The molecule has 2 heterocycles. The molecule has 3 aliphatic rings. The van der Waals surface area contributed by atoms with Gasteiger partial charge in [-0.15, -0.1) is 0 Å². The molecule has 3 atom stereocenters. The van der Waals surface area contributed by atoms with Gasteiger partial charge in [0.05, 0.1) is 24.3 Å². The predicted molar refractivity (Wildman–Crippen MR) is 120 cm³/mol. The number of nitrogens with one attached hydrogen (secondary N) is 2. The molecule has 1 fully saturated rings. The molecule has 4 rings (SSSR count). The summed E-state index contributed by atoms with van der Waals surface area (Å²) in [6.45, 7) is 5.51. The predicted octanol–water partition coefficient (Wildman–Crippen LogP) is 4.45. The monoisotopic (exact) mass is 458 g/mol. The summed E-state index contributed by atoms with van der Waals surface area (Å²) < 4.78 is 33.5. The first kappa shape index (κ1) is 23.1. The molecule has 0 aromatic carbocycles. The van der Waals surface area contributed by atoms with Gasteiger partial charge in [0.25, 0.3) is 0 Å². The van der Waals surface area contributed by atoms with Gasteiger partial charge < -0.3 is 20.1 Å². The molecule has 1 saturated carbocycles. The van der Waals surface area contributed by atoms with E-state index in [1.54, 1.807) is 13.8 Å². The second-order valence-electron chi connectivity index (χ2n) is 8.75. The number of ether oxygens (including phenoxy) is 1. The van der Waals surface area contributed by atoms with Crippen molar-refractivity contribution in [2.24, 2.45) is 5.92 Å². The molecule has 0 spiro atoms. The van der Waals surface area contributed by atoms with Crippen LogP contribution in [0.2, 0.25) is 0 Å². The van der Waals surface area contributed by atoms with Crippen molar-refractivity contribution in [3.63, 3.8) is 0 Å². The zero-order valence-electron chi connectivity index (χ0n) is 18.9. The minimum Gasteiger partial charge on any atom is -0.466 e. The van der Waals surface area contributed by atoms with E-state index in [9.17, 15) is 18.7 Å². The van der Waals surface area contributed by atoms with Crippen molar-refractivity contribution in [2.75, 3.05) is 11.9 Å². The first-order chi connectivity index (χ1) is 15.7. The highest BCUT2D eigenvalue weighted by atomic mass is 19.1. The normalized spacial score (nSPS) is 21.7. The molecule has 1 aliphatic heterocycles. The van der Waals surface area contributed by atoms with Crippen molar-refractivity contribution < 1.29 is 23.4 Å². The summed E-state index contributed by atoms with van der Waals surface area (Å²) in [6, 6.07) is 2.94. The second-order valence-corrected chi connectivity index (χ2v) is 8.75. The smallest absolute Gasteiger partial charge is 0.311 e. The largest absolute Gasteiger partial charge is 0.466 e. The maximum atomic E-state index is 14.6. The van der Waals surface area contributed by atoms with Gasteiger partial charge in [0, 0.05) is 29.1 Å². The molecular formula is C24H28F2N4O3. The summed E-state index contributed by atoms with van der Waals surface area (Å²) in [6.07, 6.45) is 4.43. The Morgan fingerprint density at radius 3 is 2.94 bits per heavy atom. The van der Waals surface area contributed by atoms with Crippen molar-refractivity contribution in [1.82, 2.24) is 15.0 Å². The summed E-state index contributed by atoms with van der Waals surface area (Å²) in [5.41, 5.74) is 1.62. The van der Waals surface area contributed by atoms with Crippen LogP contribution in [0.4, 0.5) is 14.6 Å². The molecule has 7 nitrogen and oxygen atoms in total. The number of rotatable bonds is 6. The number of aliphatic hydroxyl groups is 1. The number of pyridine rings is 1. The minimum absolute atomic E-state index is 0.00502. The van der Waals surface area contributed by atoms with Crippen molar-refractivity contribution in [3.8, 4) is 22.6 Å². The van der Waals surface area contributed by atoms with Gasteiger partial charge in [-0.2, -0.15) is 0 Å². The first-order valence-electron chi connectivity index (χ1n) is 11.2. The van der Waals surface area contributed by atoms with Crippen LogP contribution >= 0.6 is 0 Å². The molecular weight excluding hydrogens is 430 g/mol. The maximum Gasteiger partial charge on any atom is 0.311 e. The minimum atomic E-state index is -1.25. The molecule has 2 aliphatic carbocycles. The zero-order valence-corrected chi connectivity index (χ0v) is 18.9. The summed E-state index contributed by atoms with van der Waals surface area (Å²) in [4.78, 5) is 23.6.